The van der Waals surface area contributed by atoms with E-state index in [9.17, 15) is 4.79 Å². The number of hydrogen-bond acceptors (Lipinski definition) is 4. The predicted molar refractivity (Wildman–Crippen MR) is 94.3 cm³/mol. The summed E-state index contributed by atoms with van der Waals surface area (Å²) in [6.07, 6.45) is 1.87. The molecule has 0 radical (unpaired) electrons. The Morgan fingerprint density at radius 1 is 1.40 bits per heavy atom. The topological polar surface area (TPSA) is 76.2 Å². The third-order valence-electron chi connectivity index (χ3n) is 4.67. The third kappa shape index (κ3) is 2.75. The lowest BCUT2D eigenvalue weighted by molar-refractivity contribution is 0.203. The summed E-state index contributed by atoms with van der Waals surface area (Å²) in [6.45, 7) is 5.44. The van der Waals surface area contributed by atoms with Crippen LogP contribution < -0.4 is 5.32 Å². The molecule has 0 bridgehead atoms. The molecule has 1 aliphatic rings. The highest BCUT2D eigenvalue weighted by molar-refractivity contribution is 5.88. The first-order valence-corrected chi connectivity index (χ1v) is 8.63. The lowest BCUT2D eigenvalue weighted by atomic mass is 10.2. The molecule has 130 valence electrons. The maximum Gasteiger partial charge on any atom is 0.323 e. The Labute approximate surface area is 145 Å². The zero-order valence-electron chi connectivity index (χ0n) is 14.4. The van der Waals surface area contributed by atoms with Gasteiger partial charge in [-0.25, -0.2) is 9.78 Å². The van der Waals surface area contributed by atoms with Gasteiger partial charge in [-0.3, -0.25) is 5.32 Å². The average Bonchev–Trinajstić information content (AvgIpc) is 3.31. The van der Waals surface area contributed by atoms with Crippen molar-refractivity contribution in [3.63, 3.8) is 0 Å². The SMILES string of the molecule is CCn1c([C@H]2CCCN2C(=O)Nc2cc(C)on2)nc2ccccc21. The number of urea groups is 1. The third-order valence-corrected chi connectivity index (χ3v) is 4.67. The molecule has 0 saturated carbocycles. The fraction of sp³-hybridized carbons (Fsp3) is 0.389. The highest BCUT2D eigenvalue weighted by atomic mass is 16.5. The van der Waals surface area contributed by atoms with Crippen LogP contribution in [0.3, 0.4) is 0 Å². The van der Waals surface area contributed by atoms with Crippen molar-refractivity contribution in [2.45, 2.75) is 39.3 Å². The van der Waals surface area contributed by atoms with E-state index in [0.717, 1.165) is 36.2 Å². The highest BCUT2D eigenvalue weighted by Gasteiger charge is 2.33. The maximum absolute atomic E-state index is 12.7. The average molecular weight is 339 g/mol. The van der Waals surface area contributed by atoms with Crippen molar-refractivity contribution >= 4 is 22.9 Å². The molecule has 7 heteroatoms. The molecule has 4 rings (SSSR count). The van der Waals surface area contributed by atoms with Gasteiger partial charge in [0.2, 0.25) is 0 Å². The minimum absolute atomic E-state index is 0.0275. The monoisotopic (exact) mass is 339 g/mol. The van der Waals surface area contributed by atoms with Crippen molar-refractivity contribution < 1.29 is 9.32 Å². The first kappa shape index (κ1) is 15.7. The number of nitrogens with one attached hydrogen (secondary N) is 1. The number of hydrogen-bond donors (Lipinski definition) is 1. The number of aromatic nitrogens is 3. The van der Waals surface area contributed by atoms with Gasteiger partial charge in [0.1, 0.15) is 11.6 Å². The van der Waals surface area contributed by atoms with E-state index in [0.29, 0.717) is 18.1 Å². The molecule has 1 aromatic carbocycles. The van der Waals surface area contributed by atoms with Gasteiger partial charge in [-0.05, 0) is 38.8 Å². The minimum atomic E-state index is -0.162. The summed E-state index contributed by atoms with van der Waals surface area (Å²) < 4.78 is 7.22. The number of nitrogens with zero attached hydrogens (tertiary/aromatic N) is 4. The number of amides is 2. The minimum Gasteiger partial charge on any atom is -0.360 e. The van der Waals surface area contributed by atoms with E-state index in [2.05, 4.69) is 28.0 Å². The van der Waals surface area contributed by atoms with Crippen LogP contribution in [0.2, 0.25) is 0 Å². The van der Waals surface area contributed by atoms with Crippen LogP contribution >= 0.6 is 0 Å². The fourth-order valence-corrected chi connectivity index (χ4v) is 3.57. The molecule has 2 amide bonds. The molecule has 1 fully saturated rings. The number of aryl methyl sites for hydroxylation is 2. The van der Waals surface area contributed by atoms with E-state index in [1.54, 1.807) is 13.0 Å². The number of para-hydroxylation sites is 2. The van der Waals surface area contributed by atoms with Crippen molar-refractivity contribution in [3.05, 3.63) is 41.9 Å². The summed E-state index contributed by atoms with van der Waals surface area (Å²) in [5.74, 6) is 2.06. The Kier molecular flexibility index (Phi) is 3.91. The van der Waals surface area contributed by atoms with Crippen molar-refractivity contribution in [1.29, 1.82) is 0 Å². The van der Waals surface area contributed by atoms with Gasteiger partial charge in [-0.2, -0.15) is 0 Å². The molecule has 3 aromatic rings. The van der Waals surface area contributed by atoms with Gasteiger partial charge >= 0.3 is 6.03 Å². The van der Waals surface area contributed by atoms with Gasteiger partial charge in [0.05, 0.1) is 17.1 Å². The molecule has 3 heterocycles. The molecular weight excluding hydrogens is 318 g/mol. The van der Waals surface area contributed by atoms with Crippen LogP contribution in [0.5, 0.6) is 0 Å². The molecule has 0 spiro atoms. The van der Waals surface area contributed by atoms with Crippen LogP contribution in [0.4, 0.5) is 10.6 Å². The Morgan fingerprint density at radius 2 is 2.24 bits per heavy atom. The Bertz CT molecular complexity index is 913. The summed E-state index contributed by atoms with van der Waals surface area (Å²) in [4.78, 5) is 19.4. The maximum atomic E-state index is 12.7. The van der Waals surface area contributed by atoms with Crippen LogP contribution in [0.25, 0.3) is 11.0 Å². The lowest BCUT2D eigenvalue weighted by Gasteiger charge is -2.24. The number of anilines is 1. The number of carbonyl (C=O) groups is 1. The van der Waals surface area contributed by atoms with E-state index < -0.39 is 0 Å². The summed E-state index contributed by atoms with van der Waals surface area (Å²) in [5.41, 5.74) is 2.08. The van der Waals surface area contributed by atoms with Crippen molar-refractivity contribution in [3.8, 4) is 0 Å². The second-order valence-corrected chi connectivity index (χ2v) is 6.31. The smallest absolute Gasteiger partial charge is 0.323 e. The molecule has 1 atom stereocenters. The fourth-order valence-electron chi connectivity index (χ4n) is 3.57. The molecule has 7 nitrogen and oxygen atoms in total. The summed E-state index contributed by atoms with van der Waals surface area (Å²) in [5, 5.41) is 6.66. The quantitative estimate of drug-likeness (QED) is 0.789. The van der Waals surface area contributed by atoms with Gasteiger partial charge in [0.15, 0.2) is 5.82 Å². The van der Waals surface area contributed by atoms with Crippen LogP contribution in [-0.2, 0) is 6.54 Å². The first-order valence-electron chi connectivity index (χ1n) is 8.63. The summed E-state index contributed by atoms with van der Waals surface area (Å²) >= 11 is 0. The number of carbonyl (C=O) groups excluding carboxylic acids is 1. The summed E-state index contributed by atoms with van der Waals surface area (Å²) in [7, 11) is 0. The molecule has 25 heavy (non-hydrogen) atoms. The molecule has 2 aromatic heterocycles. The molecule has 1 N–H and O–H groups in total. The summed E-state index contributed by atoms with van der Waals surface area (Å²) in [6, 6.07) is 9.63. The van der Waals surface area contributed by atoms with Crippen molar-refractivity contribution in [2.24, 2.45) is 0 Å². The van der Waals surface area contributed by atoms with Crippen molar-refractivity contribution in [2.75, 3.05) is 11.9 Å². The second-order valence-electron chi connectivity index (χ2n) is 6.31. The Morgan fingerprint density at radius 3 is 3.00 bits per heavy atom. The molecule has 1 saturated heterocycles. The number of fused-ring (bicyclic) bond motifs is 1. The second kappa shape index (κ2) is 6.23. The van der Waals surface area contributed by atoms with E-state index >= 15 is 0 Å². The largest absolute Gasteiger partial charge is 0.360 e. The van der Waals surface area contributed by atoms with Gasteiger partial charge in [-0.1, -0.05) is 17.3 Å². The predicted octanol–water partition coefficient (Wildman–Crippen LogP) is 3.72. The van der Waals surface area contributed by atoms with Crippen molar-refractivity contribution in [1.82, 2.24) is 19.6 Å². The normalized spacial score (nSPS) is 17.4. The molecule has 0 unspecified atom stereocenters. The molecular formula is C18H21N5O2. The van der Waals surface area contributed by atoms with Crippen LogP contribution in [0.1, 0.15) is 37.4 Å². The first-order chi connectivity index (χ1) is 12.2. The highest BCUT2D eigenvalue weighted by Crippen LogP contribution is 2.33. The molecule has 0 aliphatic carbocycles. The standard InChI is InChI=1S/C18H21N5O2/c1-3-22-14-8-5-4-7-13(14)19-17(22)15-9-6-10-23(15)18(24)20-16-11-12(2)25-21-16/h4-5,7-8,11,15H,3,6,9-10H2,1-2H3,(H,20,21,24)/t15-/m1/s1. The van der Waals surface area contributed by atoms with Gasteiger partial charge < -0.3 is 14.0 Å². The zero-order chi connectivity index (χ0) is 17.4. The van der Waals surface area contributed by atoms with E-state index in [-0.39, 0.29) is 12.1 Å². The van der Waals surface area contributed by atoms with Gasteiger partial charge in [0.25, 0.3) is 0 Å². The van der Waals surface area contributed by atoms with Crippen LogP contribution in [0.15, 0.2) is 34.9 Å². The number of rotatable bonds is 3. The van der Waals surface area contributed by atoms with Crippen LogP contribution in [0, 0.1) is 6.92 Å². The number of likely N-dealkylation sites (tertiary alicyclic amines) is 1. The van der Waals surface area contributed by atoms with Gasteiger partial charge in [-0.15, -0.1) is 0 Å². The Hall–Kier alpha value is -2.83. The van der Waals surface area contributed by atoms with Crippen LogP contribution in [-0.4, -0.2) is 32.2 Å². The van der Waals surface area contributed by atoms with E-state index in [1.807, 2.05) is 23.1 Å². The Balaban J connectivity index is 1.64. The van der Waals surface area contributed by atoms with E-state index in [4.69, 9.17) is 9.51 Å². The van der Waals surface area contributed by atoms with Gasteiger partial charge in [0, 0.05) is 19.2 Å². The molecule has 1 aliphatic heterocycles. The zero-order valence-corrected chi connectivity index (χ0v) is 14.4. The number of imidazole rings is 1. The lowest BCUT2D eigenvalue weighted by Crippen LogP contribution is -2.35. The number of benzene rings is 1. The van der Waals surface area contributed by atoms with E-state index in [1.165, 1.54) is 0 Å².